The number of hydrogen-bond donors (Lipinski definition) is 4. The van der Waals surface area contributed by atoms with Crippen molar-refractivity contribution in [1.29, 1.82) is 0 Å². The van der Waals surface area contributed by atoms with Gasteiger partial charge in [-0.1, -0.05) is 54.2 Å². The summed E-state index contributed by atoms with van der Waals surface area (Å²) >= 11 is 0. The Morgan fingerprint density at radius 2 is 1.83 bits per heavy atom. The molecule has 1 amide bonds. The summed E-state index contributed by atoms with van der Waals surface area (Å²) in [5.41, 5.74) is 6.79. The van der Waals surface area contributed by atoms with Gasteiger partial charge in [-0.25, -0.2) is 0 Å². The molecule has 1 aromatic heterocycles. The molecule has 0 fully saturated rings. The van der Waals surface area contributed by atoms with Crippen LogP contribution in [0.1, 0.15) is 63.0 Å². The number of benzene rings is 2. The molecule has 0 saturated heterocycles. The normalized spacial score (nSPS) is 12.3. The summed E-state index contributed by atoms with van der Waals surface area (Å²) in [4.78, 5) is 13.9. The Kier molecular flexibility index (Phi) is 5.09. The maximum Gasteiger partial charge on any atom is 0.255 e. The van der Waals surface area contributed by atoms with Crippen LogP contribution in [0.15, 0.2) is 43.1 Å². The molecule has 0 radical (unpaired) electrons. The third-order valence-electron chi connectivity index (χ3n) is 5.08. The lowest BCUT2D eigenvalue weighted by Gasteiger charge is -2.27. The number of phenolic OH excluding ortho intramolecular Hbond substituents is 1. The first-order chi connectivity index (χ1) is 13.4. The molecule has 0 unspecified atom stereocenters. The number of hydrogen-bond acceptors (Lipinski definition) is 2. The molecule has 6 heteroatoms. The maximum absolute atomic E-state index is 12.1. The van der Waals surface area contributed by atoms with E-state index in [0.717, 1.165) is 27.8 Å². The molecule has 154 valence electrons. The van der Waals surface area contributed by atoms with Crippen LogP contribution in [0, 0.1) is 0 Å². The van der Waals surface area contributed by atoms with Crippen LogP contribution >= 0.6 is 0 Å². The monoisotopic (exact) mass is 395 g/mol. The molecule has 0 saturated carbocycles. The summed E-state index contributed by atoms with van der Waals surface area (Å²) < 4.78 is 0. The number of carbonyl (C=O) groups excluding carboxylic acids is 1. The van der Waals surface area contributed by atoms with E-state index in [-0.39, 0.29) is 22.5 Å². The highest BCUT2D eigenvalue weighted by Crippen LogP contribution is 2.38. The summed E-state index contributed by atoms with van der Waals surface area (Å²) in [7, 11) is 0. The molecular formula is C23H31N4O2+. The summed E-state index contributed by atoms with van der Waals surface area (Å²) in [6, 6.07) is 9.57. The molecule has 0 atom stereocenters. The van der Waals surface area contributed by atoms with Crippen molar-refractivity contribution < 1.29 is 15.3 Å². The first-order valence-corrected chi connectivity index (χ1v) is 9.76. The number of quaternary nitrogens is 1. The number of nitrogens with two attached hydrogens (primary N) is 1. The van der Waals surface area contributed by atoms with E-state index >= 15 is 0 Å². The SMILES string of the molecule is C=CNC(=O)c1ccc2[nH]n([NH2+]c3cc(C(C)(C)C)cc(C(C)(C)C)c3O)c2c1. The summed E-state index contributed by atoms with van der Waals surface area (Å²) in [5.74, 6) is 0.0727. The average Bonchev–Trinajstić information content (AvgIpc) is 2.59. The number of H-pyrrole nitrogens is 1. The minimum Gasteiger partial charge on any atom is -0.502 e. The van der Waals surface area contributed by atoms with Crippen molar-refractivity contribution in [3.05, 3.63) is 59.8 Å². The Labute approximate surface area is 171 Å². The average molecular weight is 396 g/mol. The molecule has 0 aliphatic rings. The van der Waals surface area contributed by atoms with Crippen molar-refractivity contribution in [3.63, 3.8) is 0 Å². The van der Waals surface area contributed by atoms with Crippen LogP contribution in [-0.4, -0.2) is 20.9 Å². The largest absolute Gasteiger partial charge is 0.502 e. The van der Waals surface area contributed by atoms with Crippen LogP contribution in [0.5, 0.6) is 5.75 Å². The van der Waals surface area contributed by atoms with E-state index in [1.807, 2.05) is 28.4 Å². The van der Waals surface area contributed by atoms with Crippen LogP contribution in [-0.2, 0) is 10.8 Å². The van der Waals surface area contributed by atoms with Crippen LogP contribution in [0.4, 0.5) is 5.69 Å². The fraction of sp³-hybridized carbons (Fsp3) is 0.348. The molecule has 0 aliphatic heterocycles. The first-order valence-electron chi connectivity index (χ1n) is 9.76. The van der Waals surface area contributed by atoms with Crippen molar-refractivity contribution in [2.75, 3.05) is 0 Å². The lowest BCUT2D eigenvalue weighted by atomic mass is 9.80. The molecule has 2 aromatic carbocycles. The van der Waals surface area contributed by atoms with Gasteiger partial charge in [-0.15, -0.1) is 4.79 Å². The predicted molar refractivity (Wildman–Crippen MR) is 116 cm³/mol. The van der Waals surface area contributed by atoms with Crippen molar-refractivity contribution in [2.24, 2.45) is 0 Å². The smallest absolute Gasteiger partial charge is 0.255 e. The number of phenols is 1. The Morgan fingerprint density at radius 1 is 1.14 bits per heavy atom. The number of fused-ring (bicyclic) bond motifs is 1. The van der Waals surface area contributed by atoms with Gasteiger partial charge in [0, 0.05) is 17.2 Å². The summed E-state index contributed by atoms with van der Waals surface area (Å²) in [5, 5.41) is 16.8. The van der Waals surface area contributed by atoms with Gasteiger partial charge in [-0.3, -0.25) is 9.89 Å². The van der Waals surface area contributed by atoms with Gasteiger partial charge in [0.2, 0.25) is 0 Å². The zero-order chi connectivity index (χ0) is 21.6. The number of nitrogens with one attached hydrogen (secondary N) is 2. The maximum atomic E-state index is 12.1. The van der Waals surface area contributed by atoms with Gasteiger partial charge < -0.3 is 10.4 Å². The molecule has 3 aromatic rings. The van der Waals surface area contributed by atoms with Crippen molar-refractivity contribution >= 4 is 22.6 Å². The highest BCUT2D eigenvalue weighted by atomic mass is 16.3. The zero-order valence-electron chi connectivity index (χ0n) is 18.1. The van der Waals surface area contributed by atoms with Crippen molar-refractivity contribution in [3.8, 4) is 5.75 Å². The van der Waals surface area contributed by atoms with Gasteiger partial charge >= 0.3 is 0 Å². The van der Waals surface area contributed by atoms with Crippen LogP contribution in [0.25, 0.3) is 11.0 Å². The second-order valence-electron chi connectivity index (χ2n) is 9.48. The molecule has 0 spiro atoms. The standard InChI is InChI=1S/C23H30N4O2/c1-8-24-21(29)14-9-10-17-19(11-14)27(25-17)26-18-13-15(22(2,3)4)12-16(20(18)28)23(5,6)7/h8-13,25-26,28H,1H2,2-7H3,(H,24,29)/p+1. The summed E-state index contributed by atoms with van der Waals surface area (Å²) in [6.07, 6.45) is 1.37. The molecule has 0 aliphatic carbocycles. The predicted octanol–water partition coefficient (Wildman–Crippen LogP) is 3.80. The van der Waals surface area contributed by atoms with E-state index in [2.05, 4.69) is 64.6 Å². The third-order valence-corrected chi connectivity index (χ3v) is 5.08. The van der Waals surface area contributed by atoms with E-state index < -0.39 is 0 Å². The van der Waals surface area contributed by atoms with E-state index in [1.165, 1.54) is 6.20 Å². The number of aromatic nitrogens is 2. The molecule has 3 rings (SSSR count). The second kappa shape index (κ2) is 7.12. The highest BCUT2D eigenvalue weighted by molar-refractivity contribution is 5.98. The van der Waals surface area contributed by atoms with Crippen LogP contribution < -0.4 is 10.7 Å². The number of nitrogens with zero attached hydrogens (tertiary/aromatic N) is 1. The number of aromatic hydroxyl groups is 1. The molecule has 29 heavy (non-hydrogen) atoms. The van der Waals surface area contributed by atoms with Crippen molar-refractivity contribution in [1.82, 2.24) is 15.2 Å². The topological polar surface area (TPSA) is 86.7 Å². The Morgan fingerprint density at radius 3 is 2.41 bits per heavy atom. The molecule has 6 nitrogen and oxygen atoms in total. The molecule has 0 bridgehead atoms. The molecular weight excluding hydrogens is 364 g/mol. The Bertz CT molecular complexity index is 1070. The van der Waals surface area contributed by atoms with Crippen LogP contribution in [0.2, 0.25) is 0 Å². The van der Waals surface area contributed by atoms with E-state index in [0.29, 0.717) is 5.56 Å². The Balaban J connectivity index is 2.05. The highest BCUT2D eigenvalue weighted by Gasteiger charge is 2.27. The van der Waals surface area contributed by atoms with Gasteiger partial charge in [0.1, 0.15) is 5.52 Å². The lowest BCUT2D eigenvalue weighted by Crippen LogP contribution is -2.83. The fourth-order valence-corrected chi connectivity index (χ4v) is 3.28. The van der Waals surface area contributed by atoms with Gasteiger partial charge in [0.15, 0.2) is 11.4 Å². The Hall–Kier alpha value is -2.99. The lowest BCUT2D eigenvalue weighted by molar-refractivity contribution is -0.640. The minimum absolute atomic E-state index is 0.0491. The van der Waals surface area contributed by atoms with Gasteiger partial charge in [-0.05, 0) is 40.8 Å². The summed E-state index contributed by atoms with van der Waals surface area (Å²) in [6.45, 7) is 16.3. The van der Waals surface area contributed by atoms with Crippen LogP contribution in [0.3, 0.4) is 0 Å². The quantitative estimate of drug-likeness (QED) is 0.308. The van der Waals surface area contributed by atoms with E-state index in [1.54, 1.807) is 6.07 Å². The number of carbonyl (C=O) groups is 1. The first kappa shape index (κ1) is 20.7. The number of aromatic amines is 1. The third kappa shape index (κ3) is 4.07. The minimum atomic E-state index is -0.206. The van der Waals surface area contributed by atoms with Gasteiger partial charge in [0.05, 0.1) is 5.52 Å². The van der Waals surface area contributed by atoms with E-state index in [4.69, 9.17) is 0 Å². The number of rotatable bonds is 4. The fourth-order valence-electron chi connectivity index (χ4n) is 3.28. The molecule has 1 heterocycles. The van der Waals surface area contributed by atoms with Gasteiger partial charge in [0.25, 0.3) is 5.91 Å². The van der Waals surface area contributed by atoms with E-state index in [9.17, 15) is 9.90 Å². The second-order valence-corrected chi connectivity index (χ2v) is 9.48. The molecule has 5 N–H and O–H groups in total. The number of amides is 1. The zero-order valence-corrected chi connectivity index (χ0v) is 18.1. The van der Waals surface area contributed by atoms with Crippen molar-refractivity contribution in [2.45, 2.75) is 52.4 Å². The van der Waals surface area contributed by atoms with Gasteiger partial charge in [-0.2, -0.15) is 5.43 Å².